The molecular formula is C19H23N3O. The molecule has 3 atom stereocenters. The Morgan fingerprint density at radius 2 is 2.26 bits per heavy atom. The van der Waals surface area contributed by atoms with Crippen molar-refractivity contribution in [2.75, 3.05) is 0 Å². The number of carbonyl (C=O) groups is 1. The Balaban J connectivity index is 1.46. The number of rotatable bonds is 3. The number of benzene rings is 1. The molecule has 0 aliphatic heterocycles. The summed E-state index contributed by atoms with van der Waals surface area (Å²) in [6.07, 6.45) is 8.19. The first-order chi connectivity index (χ1) is 11.1. The minimum absolute atomic E-state index is 0.120. The molecule has 2 aliphatic carbocycles. The average molecular weight is 309 g/mol. The second-order valence-electron chi connectivity index (χ2n) is 7.05. The normalized spacial score (nSPS) is 25.7. The maximum Gasteiger partial charge on any atom is 0.224 e. The zero-order valence-electron chi connectivity index (χ0n) is 13.7. The number of aryl methyl sites for hydroxylation is 3. The van der Waals surface area contributed by atoms with Crippen molar-refractivity contribution in [2.45, 2.75) is 44.6 Å². The van der Waals surface area contributed by atoms with Gasteiger partial charge in [-0.2, -0.15) is 5.10 Å². The van der Waals surface area contributed by atoms with Crippen molar-refractivity contribution < 1.29 is 4.79 Å². The van der Waals surface area contributed by atoms with E-state index in [-0.39, 0.29) is 17.9 Å². The highest BCUT2D eigenvalue weighted by atomic mass is 16.2. The van der Waals surface area contributed by atoms with E-state index in [1.54, 1.807) is 0 Å². The second kappa shape index (κ2) is 5.52. The Hall–Kier alpha value is -2.10. The van der Waals surface area contributed by atoms with Crippen LogP contribution in [-0.4, -0.2) is 15.7 Å². The van der Waals surface area contributed by atoms with Gasteiger partial charge in [0.2, 0.25) is 5.91 Å². The SMILES string of the molecule is Cc1ccc2c(c1)[C@@H](NC(=O)[C@@H]1C[C@H]1c1cnn(C)c1)CCC2. The number of nitrogens with one attached hydrogen (secondary N) is 1. The first-order valence-corrected chi connectivity index (χ1v) is 8.50. The summed E-state index contributed by atoms with van der Waals surface area (Å²) in [4.78, 5) is 12.6. The Kier molecular flexibility index (Phi) is 3.47. The van der Waals surface area contributed by atoms with Crippen LogP contribution in [0.25, 0.3) is 0 Å². The zero-order valence-corrected chi connectivity index (χ0v) is 13.7. The van der Waals surface area contributed by atoms with Crippen LogP contribution in [0.2, 0.25) is 0 Å². The maximum atomic E-state index is 12.6. The lowest BCUT2D eigenvalue weighted by Crippen LogP contribution is -2.32. The fourth-order valence-corrected chi connectivity index (χ4v) is 3.83. The van der Waals surface area contributed by atoms with Gasteiger partial charge in [0.25, 0.3) is 0 Å². The van der Waals surface area contributed by atoms with Gasteiger partial charge in [-0.1, -0.05) is 23.8 Å². The molecule has 4 heteroatoms. The van der Waals surface area contributed by atoms with Crippen LogP contribution in [-0.2, 0) is 18.3 Å². The predicted octanol–water partition coefficient (Wildman–Crippen LogP) is 3.03. The van der Waals surface area contributed by atoms with E-state index in [2.05, 4.69) is 35.5 Å². The molecule has 4 nitrogen and oxygen atoms in total. The smallest absolute Gasteiger partial charge is 0.224 e. The third-order valence-corrected chi connectivity index (χ3v) is 5.21. The fraction of sp³-hybridized carbons (Fsp3) is 0.474. The van der Waals surface area contributed by atoms with E-state index in [1.807, 2.05) is 24.1 Å². The van der Waals surface area contributed by atoms with Crippen LogP contribution < -0.4 is 5.32 Å². The van der Waals surface area contributed by atoms with Gasteiger partial charge < -0.3 is 5.32 Å². The summed E-state index contributed by atoms with van der Waals surface area (Å²) in [5, 5.41) is 7.52. The highest BCUT2D eigenvalue weighted by Crippen LogP contribution is 2.47. The summed E-state index contributed by atoms with van der Waals surface area (Å²) in [7, 11) is 1.92. The Labute approximate surface area is 136 Å². The lowest BCUT2D eigenvalue weighted by Gasteiger charge is -2.27. The molecule has 1 aromatic carbocycles. The molecule has 0 unspecified atom stereocenters. The van der Waals surface area contributed by atoms with Crippen LogP contribution in [0.15, 0.2) is 30.6 Å². The van der Waals surface area contributed by atoms with Crippen molar-refractivity contribution in [3.05, 3.63) is 52.8 Å². The number of amides is 1. The van der Waals surface area contributed by atoms with E-state index < -0.39 is 0 Å². The number of fused-ring (bicyclic) bond motifs is 1. The largest absolute Gasteiger partial charge is 0.349 e. The average Bonchev–Trinajstić information content (AvgIpc) is 3.23. The van der Waals surface area contributed by atoms with E-state index in [9.17, 15) is 4.79 Å². The van der Waals surface area contributed by atoms with E-state index in [4.69, 9.17) is 0 Å². The first-order valence-electron chi connectivity index (χ1n) is 8.50. The number of hydrogen-bond acceptors (Lipinski definition) is 2. The van der Waals surface area contributed by atoms with Crippen LogP contribution in [0, 0.1) is 12.8 Å². The molecule has 0 saturated heterocycles. The summed E-state index contributed by atoms with van der Waals surface area (Å²) in [5.41, 5.74) is 5.17. The van der Waals surface area contributed by atoms with Crippen LogP contribution in [0.1, 0.15) is 53.5 Å². The number of hydrogen-bond donors (Lipinski definition) is 1. The molecular weight excluding hydrogens is 286 g/mol. The van der Waals surface area contributed by atoms with Crippen LogP contribution in [0.3, 0.4) is 0 Å². The van der Waals surface area contributed by atoms with Gasteiger partial charge in [0.15, 0.2) is 0 Å². The van der Waals surface area contributed by atoms with Gasteiger partial charge in [-0.3, -0.25) is 9.48 Å². The van der Waals surface area contributed by atoms with Gasteiger partial charge in [0.05, 0.1) is 12.2 Å². The minimum Gasteiger partial charge on any atom is -0.349 e. The van der Waals surface area contributed by atoms with Gasteiger partial charge in [-0.05, 0) is 55.2 Å². The van der Waals surface area contributed by atoms with Crippen LogP contribution in [0.4, 0.5) is 0 Å². The van der Waals surface area contributed by atoms with Crippen LogP contribution in [0.5, 0.6) is 0 Å². The van der Waals surface area contributed by atoms with Crippen molar-refractivity contribution >= 4 is 5.91 Å². The Morgan fingerprint density at radius 3 is 3.04 bits per heavy atom. The third kappa shape index (κ3) is 2.78. The molecule has 4 rings (SSSR count). The summed E-state index contributed by atoms with van der Waals surface area (Å²) >= 11 is 0. The molecule has 1 aromatic heterocycles. The fourth-order valence-electron chi connectivity index (χ4n) is 3.83. The Bertz CT molecular complexity index is 749. The molecule has 1 heterocycles. The Morgan fingerprint density at radius 1 is 1.39 bits per heavy atom. The van der Waals surface area contributed by atoms with E-state index >= 15 is 0 Å². The van der Waals surface area contributed by atoms with Gasteiger partial charge >= 0.3 is 0 Å². The predicted molar refractivity (Wildman–Crippen MR) is 89.1 cm³/mol. The minimum atomic E-state index is 0.120. The molecule has 0 bridgehead atoms. The third-order valence-electron chi connectivity index (χ3n) is 5.21. The van der Waals surface area contributed by atoms with E-state index in [0.29, 0.717) is 5.92 Å². The summed E-state index contributed by atoms with van der Waals surface area (Å²) in [5.74, 6) is 0.678. The van der Waals surface area contributed by atoms with Crippen molar-refractivity contribution in [3.8, 4) is 0 Å². The summed E-state index contributed by atoms with van der Waals surface area (Å²) in [6, 6.07) is 6.81. The van der Waals surface area contributed by atoms with Gasteiger partial charge in [-0.15, -0.1) is 0 Å². The first kappa shape index (κ1) is 14.5. The number of aromatic nitrogens is 2. The van der Waals surface area contributed by atoms with Crippen molar-refractivity contribution in [2.24, 2.45) is 13.0 Å². The van der Waals surface area contributed by atoms with Crippen molar-refractivity contribution in [1.29, 1.82) is 0 Å². The lowest BCUT2D eigenvalue weighted by molar-refractivity contribution is -0.123. The quantitative estimate of drug-likeness (QED) is 0.947. The molecule has 2 aliphatic rings. The molecule has 23 heavy (non-hydrogen) atoms. The van der Waals surface area contributed by atoms with E-state index in [0.717, 1.165) is 25.7 Å². The second-order valence-corrected chi connectivity index (χ2v) is 7.05. The van der Waals surface area contributed by atoms with Crippen LogP contribution >= 0.6 is 0 Å². The monoisotopic (exact) mass is 309 g/mol. The standard InChI is InChI=1S/C19H23N3O/c1-12-6-7-13-4-3-5-18(16(13)8-12)21-19(23)17-9-15(17)14-10-20-22(2)11-14/h6-8,10-11,15,17-18H,3-5,9H2,1-2H3,(H,21,23)/t15-,17+,18-/m0/s1. The zero-order chi connectivity index (χ0) is 16.0. The summed E-state index contributed by atoms with van der Waals surface area (Å²) in [6.45, 7) is 2.12. The molecule has 2 aromatic rings. The van der Waals surface area contributed by atoms with Gasteiger partial charge in [-0.25, -0.2) is 0 Å². The van der Waals surface area contributed by atoms with Gasteiger partial charge in [0.1, 0.15) is 0 Å². The molecule has 1 N–H and O–H groups in total. The molecule has 1 amide bonds. The maximum absolute atomic E-state index is 12.6. The topological polar surface area (TPSA) is 46.9 Å². The van der Waals surface area contributed by atoms with E-state index in [1.165, 1.54) is 22.3 Å². The molecule has 1 fully saturated rings. The van der Waals surface area contributed by atoms with Crippen molar-refractivity contribution in [3.63, 3.8) is 0 Å². The number of nitrogens with zero attached hydrogens (tertiary/aromatic N) is 2. The number of carbonyl (C=O) groups excluding carboxylic acids is 1. The molecule has 0 spiro atoms. The van der Waals surface area contributed by atoms with Crippen molar-refractivity contribution in [1.82, 2.24) is 15.1 Å². The highest BCUT2D eigenvalue weighted by Gasteiger charge is 2.45. The molecule has 120 valence electrons. The summed E-state index contributed by atoms with van der Waals surface area (Å²) < 4.78 is 1.81. The molecule has 1 saturated carbocycles. The van der Waals surface area contributed by atoms with Gasteiger partial charge in [0, 0.05) is 19.2 Å². The highest BCUT2D eigenvalue weighted by molar-refractivity contribution is 5.83. The molecule has 0 radical (unpaired) electrons. The lowest BCUT2D eigenvalue weighted by atomic mass is 9.86.